The van der Waals surface area contributed by atoms with E-state index in [9.17, 15) is 18.0 Å². The lowest BCUT2D eigenvalue weighted by atomic mass is 10.2. The molecule has 0 saturated heterocycles. The van der Waals surface area contributed by atoms with Crippen molar-refractivity contribution in [2.45, 2.75) is 12.9 Å². The number of hydrogen-bond acceptors (Lipinski definition) is 4. The van der Waals surface area contributed by atoms with Gasteiger partial charge in [-0.1, -0.05) is 35.3 Å². The lowest BCUT2D eigenvalue weighted by molar-refractivity contribution is -0.274. The lowest BCUT2D eigenvalue weighted by Crippen LogP contribution is -2.22. The molecule has 22 heavy (non-hydrogen) atoms. The third-order valence-electron chi connectivity index (χ3n) is 2.41. The van der Waals surface area contributed by atoms with Crippen molar-refractivity contribution in [1.29, 1.82) is 0 Å². The Morgan fingerprint density at radius 3 is 2.41 bits per heavy atom. The summed E-state index contributed by atoms with van der Waals surface area (Å²) in [4.78, 5) is 12.0. The average Bonchev–Trinajstić information content (AvgIpc) is 2.76. The largest absolute Gasteiger partial charge is 0.573 e. The molecule has 0 aliphatic carbocycles. The van der Waals surface area contributed by atoms with Gasteiger partial charge in [0.2, 0.25) is 0 Å². The Bertz CT molecular complexity index is 674. The molecular weight excluding hydrogens is 364 g/mol. The predicted octanol–water partition coefficient (Wildman–Crippen LogP) is 4.28. The molecule has 1 amide bonds. The molecule has 1 aromatic carbocycles. The van der Waals surface area contributed by atoms with Gasteiger partial charge in [0.25, 0.3) is 5.91 Å². The maximum Gasteiger partial charge on any atom is 0.573 e. The van der Waals surface area contributed by atoms with Crippen LogP contribution in [0, 0.1) is 0 Å². The molecule has 0 spiro atoms. The number of carbonyl (C=O) groups is 1. The van der Waals surface area contributed by atoms with E-state index in [1.165, 1.54) is 12.1 Å². The van der Waals surface area contributed by atoms with Crippen LogP contribution in [0.2, 0.25) is 10.2 Å². The first-order valence-electron chi connectivity index (χ1n) is 5.70. The summed E-state index contributed by atoms with van der Waals surface area (Å²) in [6.45, 7) is 0.108. The molecule has 0 aliphatic heterocycles. The zero-order valence-electron chi connectivity index (χ0n) is 10.6. The first kappa shape index (κ1) is 16.9. The van der Waals surface area contributed by atoms with Gasteiger partial charge in [-0.15, -0.1) is 13.2 Å². The molecule has 0 fully saturated rings. The van der Waals surface area contributed by atoms with Gasteiger partial charge < -0.3 is 10.1 Å². The number of amides is 1. The molecule has 0 saturated carbocycles. The minimum Gasteiger partial charge on any atom is -0.406 e. The molecule has 4 nitrogen and oxygen atoms in total. The predicted molar refractivity (Wildman–Crippen MR) is 76.4 cm³/mol. The molecule has 1 heterocycles. The van der Waals surface area contributed by atoms with Gasteiger partial charge in [-0.2, -0.15) is 4.37 Å². The van der Waals surface area contributed by atoms with E-state index in [1.807, 2.05) is 0 Å². The molecule has 1 aromatic heterocycles. The Morgan fingerprint density at radius 2 is 1.91 bits per heavy atom. The van der Waals surface area contributed by atoms with Gasteiger partial charge in [0.1, 0.15) is 15.6 Å². The standard InChI is InChI=1S/C12H7Cl2F3N2O2S/c13-8-9(22-19-10(8)14)11(20)18-5-6-1-3-7(4-2-6)21-12(15,16)17/h1-4H,5H2,(H,18,20). The monoisotopic (exact) mass is 370 g/mol. The van der Waals surface area contributed by atoms with E-state index in [0.29, 0.717) is 5.56 Å². The van der Waals surface area contributed by atoms with Gasteiger partial charge in [0.15, 0.2) is 5.15 Å². The third-order valence-corrected chi connectivity index (χ3v) is 4.21. The van der Waals surface area contributed by atoms with Gasteiger partial charge in [0, 0.05) is 6.54 Å². The number of nitrogens with one attached hydrogen (secondary N) is 1. The van der Waals surface area contributed by atoms with Crippen molar-refractivity contribution in [3.63, 3.8) is 0 Å². The molecule has 2 rings (SSSR count). The molecule has 10 heteroatoms. The highest BCUT2D eigenvalue weighted by atomic mass is 35.5. The summed E-state index contributed by atoms with van der Waals surface area (Å²) in [5.41, 5.74) is 0.592. The number of aromatic nitrogens is 1. The van der Waals surface area contributed by atoms with Crippen LogP contribution in [-0.4, -0.2) is 16.6 Å². The molecule has 118 valence electrons. The topological polar surface area (TPSA) is 51.2 Å². The van der Waals surface area contributed by atoms with E-state index in [2.05, 4.69) is 14.4 Å². The average molecular weight is 371 g/mol. The first-order chi connectivity index (χ1) is 10.3. The molecule has 0 unspecified atom stereocenters. The molecule has 0 radical (unpaired) electrons. The number of rotatable bonds is 4. The zero-order chi connectivity index (χ0) is 16.3. The van der Waals surface area contributed by atoms with Crippen LogP contribution in [0.3, 0.4) is 0 Å². The van der Waals surface area contributed by atoms with Gasteiger partial charge in [-0.05, 0) is 29.2 Å². The van der Waals surface area contributed by atoms with Crippen LogP contribution < -0.4 is 10.1 Å². The van der Waals surface area contributed by atoms with Crippen molar-refractivity contribution in [3.05, 3.63) is 44.9 Å². The highest BCUT2D eigenvalue weighted by Crippen LogP contribution is 2.28. The SMILES string of the molecule is O=C(NCc1ccc(OC(F)(F)F)cc1)c1snc(Cl)c1Cl. The maximum absolute atomic E-state index is 12.0. The summed E-state index contributed by atoms with van der Waals surface area (Å²) in [7, 11) is 0. The molecule has 1 N–H and O–H groups in total. The summed E-state index contributed by atoms with van der Waals surface area (Å²) in [6, 6.07) is 5.13. The number of hydrogen-bond donors (Lipinski definition) is 1. The van der Waals surface area contributed by atoms with E-state index >= 15 is 0 Å². The van der Waals surface area contributed by atoms with Gasteiger partial charge in [0.05, 0.1) is 0 Å². The van der Waals surface area contributed by atoms with Crippen LogP contribution in [0.4, 0.5) is 13.2 Å². The van der Waals surface area contributed by atoms with Crippen molar-refractivity contribution in [3.8, 4) is 5.75 Å². The Balaban J connectivity index is 1.94. The fourth-order valence-corrected chi connectivity index (χ4v) is 2.60. The summed E-state index contributed by atoms with van der Waals surface area (Å²) in [5.74, 6) is -0.801. The molecule has 0 atom stereocenters. The Labute approximate surface area is 137 Å². The Kier molecular flexibility index (Phi) is 5.15. The quantitative estimate of drug-likeness (QED) is 0.873. The fraction of sp³-hybridized carbons (Fsp3) is 0.167. The smallest absolute Gasteiger partial charge is 0.406 e. The summed E-state index contributed by atoms with van der Waals surface area (Å²) in [6.07, 6.45) is -4.74. The minimum absolute atomic E-state index is 0.0467. The summed E-state index contributed by atoms with van der Waals surface area (Å²) < 4.78 is 43.5. The molecule has 0 aliphatic rings. The highest BCUT2D eigenvalue weighted by Gasteiger charge is 2.30. The minimum atomic E-state index is -4.74. The van der Waals surface area contributed by atoms with Gasteiger partial charge >= 0.3 is 6.36 Å². The van der Waals surface area contributed by atoms with E-state index in [1.54, 1.807) is 0 Å². The number of halogens is 5. The zero-order valence-corrected chi connectivity index (χ0v) is 12.9. The van der Waals surface area contributed by atoms with Gasteiger partial charge in [-0.25, -0.2) is 0 Å². The second-order valence-electron chi connectivity index (χ2n) is 3.99. The number of ether oxygens (including phenoxy) is 1. The Hall–Kier alpha value is -1.51. The van der Waals surface area contributed by atoms with Crippen LogP contribution in [0.15, 0.2) is 24.3 Å². The molecular formula is C12H7Cl2F3N2O2S. The summed E-state index contributed by atoms with van der Waals surface area (Å²) >= 11 is 12.3. The van der Waals surface area contributed by atoms with E-state index in [-0.39, 0.29) is 27.3 Å². The number of alkyl halides is 3. The molecule has 0 bridgehead atoms. The fourth-order valence-electron chi connectivity index (χ4n) is 1.47. The maximum atomic E-state index is 12.0. The number of benzene rings is 1. The van der Waals surface area contributed by atoms with Crippen LogP contribution in [-0.2, 0) is 6.54 Å². The highest BCUT2D eigenvalue weighted by molar-refractivity contribution is 7.09. The van der Waals surface area contributed by atoms with E-state index in [4.69, 9.17) is 23.2 Å². The number of carbonyl (C=O) groups excluding carboxylic acids is 1. The second-order valence-corrected chi connectivity index (χ2v) is 5.50. The van der Waals surface area contributed by atoms with Crippen molar-refractivity contribution in [1.82, 2.24) is 9.69 Å². The van der Waals surface area contributed by atoms with Crippen LogP contribution in [0.5, 0.6) is 5.75 Å². The first-order valence-corrected chi connectivity index (χ1v) is 7.23. The van der Waals surface area contributed by atoms with Crippen molar-refractivity contribution < 1.29 is 22.7 Å². The van der Waals surface area contributed by atoms with Crippen molar-refractivity contribution in [2.24, 2.45) is 0 Å². The van der Waals surface area contributed by atoms with Crippen LogP contribution in [0.25, 0.3) is 0 Å². The van der Waals surface area contributed by atoms with Crippen LogP contribution >= 0.6 is 34.7 Å². The van der Waals surface area contributed by atoms with E-state index < -0.39 is 12.3 Å². The molecule has 2 aromatic rings. The van der Waals surface area contributed by atoms with E-state index in [0.717, 1.165) is 23.7 Å². The Morgan fingerprint density at radius 1 is 1.27 bits per heavy atom. The number of nitrogens with zero attached hydrogens (tertiary/aromatic N) is 1. The summed E-state index contributed by atoms with van der Waals surface area (Å²) in [5, 5.41) is 2.68. The normalized spacial score (nSPS) is 11.3. The second kappa shape index (κ2) is 6.72. The van der Waals surface area contributed by atoms with Crippen LogP contribution in [0.1, 0.15) is 15.2 Å². The third kappa shape index (κ3) is 4.49. The van der Waals surface area contributed by atoms with Crippen molar-refractivity contribution in [2.75, 3.05) is 0 Å². The van der Waals surface area contributed by atoms with Crippen molar-refractivity contribution >= 4 is 40.6 Å². The van der Waals surface area contributed by atoms with Gasteiger partial charge in [-0.3, -0.25) is 4.79 Å². The lowest BCUT2D eigenvalue weighted by Gasteiger charge is -2.09.